The van der Waals surface area contributed by atoms with Gasteiger partial charge in [-0.25, -0.2) is 0 Å². The zero-order valence-corrected chi connectivity index (χ0v) is 13.5. The fraction of sp³-hybridized carbons (Fsp3) is 0.385. The summed E-state index contributed by atoms with van der Waals surface area (Å²) in [6, 6.07) is 7.60. The highest BCUT2D eigenvalue weighted by molar-refractivity contribution is 9.11. The van der Waals surface area contributed by atoms with Crippen LogP contribution < -0.4 is 0 Å². The predicted molar refractivity (Wildman–Crippen MR) is 78.2 cm³/mol. The lowest BCUT2D eigenvalue weighted by Gasteiger charge is -2.22. The van der Waals surface area contributed by atoms with E-state index in [-0.39, 0.29) is 11.8 Å². The highest BCUT2D eigenvalue weighted by Crippen LogP contribution is 2.21. The van der Waals surface area contributed by atoms with Crippen molar-refractivity contribution in [3.63, 3.8) is 0 Å². The molecule has 1 amide bonds. The Balaban J connectivity index is 2.93. The molecule has 0 radical (unpaired) electrons. The summed E-state index contributed by atoms with van der Waals surface area (Å²) in [5, 5.41) is 8.82. The van der Waals surface area contributed by atoms with Crippen molar-refractivity contribution in [1.82, 2.24) is 4.90 Å². The van der Waals surface area contributed by atoms with Crippen molar-refractivity contribution in [2.24, 2.45) is 5.92 Å². The van der Waals surface area contributed by atoms with Crippen LogP contribution in [0.25, 0.3) is 0 Å². The van der Waals surface area contributed by atoms with Gasteiger partial charge >= 0.3 is 0 Å². The first-order valence-electron chi connectivity index (χ1n) is 5.63. The van der Waals surface area contributed by atoms with Crippen LogP contribution in [0.15, 0.2) is 27.1 Å². The standard InChI is InChI=1S/C13H14Br2N2O/c1-3-17(8-9(2)7-16)13(18)10-4-11(14)6-12(15)5-10/h4-6,9H,3,8H2,1-2H3. The van der Waals surface area contributed by atoms with Crippen LogP contribution >= 0.6 is 31.9 Å². The van der Waals surface area contributed by atoms with E-state index in [1.165, 1.54) is 0 Å². The van der Waals surface area contributed by atoms with Crippen molar-refractivity contribution in [3.8, 4) is 6.07 Å². The number of rotatable bonds is 4. The lowest BCUT2D eigenvalue weighted by Crippen LogP contribution is -2.34. The number of halogens is 2. The Bertz CT molecular complexity index is 462. The van der Waals surface area contributed by atoms with Gasteiger partial charge in [-0.05, 0) is 32.0 Å². The zero-order valence-electron chi connectivity index (χ0n) is 10.3. The Morgan fingerprint density at radius 3 is 2.39 bits per heavy atom. The van der Waals surface area contributed by atoms with Crippen molar-refractivity contribution in [2.45, 2.75) is 13.8 Å². The Hall–Kier alpha value is -0.860. The molecule has 1 unspecified atom stereocenters. The molecular formula is C13H14Br2N2O. The second kappa shape index (κ2) is 6.91. The minimum atomic E-state index is -0.163. The highest BCUT2D eigenvalue weighted by Gasteiger charge is 2.17. The van der Waals surface area contributed by atoms with Gasteiger partial charge in [-0.3, -0.25) is 4.79 Å². The molecule has 0 spiro atoms. The molecule has 1 rings (SSSR count). The second-order valence-corrected chi connectivity index (χ2v) is 5.86. The van der Waals surface area contributed by atoms with Crippen LogP contribution in [0, 0.1) is 17.2 Å². The molecule has 0 bridgehead atoms. The molecule has 96 valence electrons. The average molecular weight is 374 g/mol. The number of benzene rings is 1. The summed E-state index contributed by atoms with van der Waals surface area (Å²) in [6.45, 7) is 4.77. The van der Waals surface area contributed by atoms with Gasteiger partial charge in [0, 0.05) is 27.6 Å². The van der Waals surface area contributed by atoms with Gasteiger partial charge in [-0.2, -0.15) is 5.26 Å². The molecule has 0 N–H and O–H groups in total. The maximum Gasteiger partial charge on any atom is 0.253 e. The van der Waals surface area contributed by atoms with Gasteiger partial charge in [0.25, 0.3) is 5.91 Å². The van der Waals surface area contributed by atoms with Gasteiger partial charge < -0.3 is 4.90 Å². The maximum absolute atomic E-state index is 12.3. The summed E-state index contributed by atoms with van der Waals surface area (Å²) in [5.41, 5.74) is 0.614. The van der Waals surface area contributed by atoms with E-state index < -0.39 is 0 Å². The van der Waals surface area contributed by atoms with Crippen LogP contribution in [-0.2, 0) is 0 Å². The molecule has 0 aliphatic carbocycles. The van der Waals surface area contributed by atoms with Crippen LogP contribution in [0.4, 0.5) is 0 Å². The number of amides is 1. The fourth-order valence-corrected chi connectivity index (χ4v) is 2.88. The molecule has 0 saturated heterocycles. The normalized spacial score (nSPS) is 11.7. The molecule has 18 heavy (non-hydrogen) atoms. The van der Waals surface area contributed by atoms with Gasteiger partial charge in [0.05, 0.1) is 12.0 Å². The summed E-state index contributed by atoms with van der Waals surface area (Å²) < 4.78 is 1.70. The van der Waals surface area contributed by atoms with E-state index in [4.69, 9.17) is 5.26 Å². The molecule has 1 atom stereocenters. The van der Waals surface area contributed by atoms with Crippen LogP contribution in [0.5, 0.6) is 0 Å². The van der Waals surface area contributed by atoms with E-state index in [0.29, 0.717) is 18.7 Å². The lowest BCUT2D eigenvalue weighted by molar-refractivity contribution is 0.0752. The van der Waals surface area contributed by atoms with Gasteiger partial charge in [0.2, 0.25) is 0 Å². The molecule has 0 heterocycles. The Morgan fingerprint density at radius 1 is 1.39 bits per heavy atom. The molecule has 1 aromatic rings. The highest BCUT2D eigenvalue weighted by atomic mass is 79.9. The molecular weight excluding hydrogens is 360 g/mol. The third kappa shape index (κ3) is 4.11. The quantitative estimate of drug-likeness (QED) is 0.804. The van der Waals surface area contributed by atoms with Crippen molar-refractivity contribution in [3.05, 3.63) is 32.7 Å². The third-order valence-corrected chi connectivity index (χ3v) is 3.41. The summed E-state index contributed by atoms with van der Waals surface area (Å²) in [7, 11) is 0. The minimum Gasteiger partial charge on any atom is -0.338 e. The summed E-state index contributed by atoms with van der Waals surface area (Å²) in [4.78, 5) is 14.0. The Kier molecular flexibility index (Phi) is 5.83. The van der Waals surface area contributed by atoms with E-state index in [9.17, 15) is 4.79 Å². The van der Waals surface area contributed by atoms with Crippen molar-refractivity contribution in [2.75, 3.05) is 13.1 Å². The molecule has 0 saturated carbocycles. The number of carbonyl (C=O) groups excluding carboxylic acids is 1. The number of carbonyl (C=O) groups is 1. The number of hydrogen-bond donors (Lipinski definition) is 0. The van der Waals surface area contributed by atoms with E-state index in [1.54, 1.807) is 17.0 Å². The minimum absolute atomic E-state index is 0.0541. The smallest absolute Gasteiger partial charge is 0.253 e. The first-order chi connectivity index (χ1) is 8.47. The molecule has 1 aromatic carbocycles. The van der Waals surface area contributed by atoms with E-state index in [1.807, 2.05) is 19.9 Å². The monoisotopic (exact) mass is 372 g/mol. The largest absolute Gasteiger partial charge is 0.338 e. The second-order valence-electron chi connectivity index (χ2n) is 4.03. The number of nitrogens with zero attached hydrogens (tertiary/aromatic N) is 2. The first kappa shape index (κ1) is 15.2. The lowest BCUT2D eigenvalue weighted by atomic mass is 10.1. The Morgan fingerprint density at radius 2 is 1.94 bits per heavy atom. The molecule has 3 nitrogen and oxygen atoms in total. The molecule has 0 fully saturated rings. The third-order valence-electron chi connectivity index (χ3n) is 2.49. The van der Waals surface area contributed by atoms with Crippen LogP contribution in [-0.4, -0.2) is 23.9 Å². The number of nitriles is 1. The van der Waals surface area contributed by atoms with Crippen molar-refractivity contribution in [1.29, 1.82) is 5.26 Å². The SMILES string of the molecule is CCN(CC(C)C#N)C(=O)c1cc(Br)cc(Br)c1. The number of hydrogen-bond acceptors (Lipinski definition) is 2. The molecule has 5 heteroatoms. The summed E-state index contributed by atoms with van der Waals surface area (Å²) in [6.07, 6.45) is 0. The topological polar surface area (TPSA) is 44.1 Å². The maximum atomic E-state index is 12.3. The summed E-state index contributed by atoms with van der Waals surface area (Å²) in [5.74, 6) is -0.217. The van der Waals surface area contributed by atoms with Gasteiger partial charge in [-0.1, -0.05) is 31.9 Å². The predicted octanol–water partition coefficient (Wildman–Crippen LogP) is 3.83. The zero-order chi connectivity index (χ0) is 13.7. The summed E-state index contributed by atoms with van der Waals surface area (Å²) >= 11 is 6.73. The van der Waals surface area contributed by atoms with Gasteiger partial charge in [-0.15, -0.1) is 0 Å². The first-order valence-corrected chi connectivity index (χ1v) is 7.21. The van der Waals surface area contributed by atoms with E-state index in [0.717, 1.165) is 8.95 Å². The molecule has 0 aromatic heterocycles. The van der Waals surface area contributed by atoms with Crippen LogP contribution in [0.2, 0.25) is 0 Å². The van der Waals surface area contributed by atoms with Crippen LogP contribution in [0.3, 0.4) is 0 Å². The van der Waals surface area contributed by atoms with E-state index in [2.05, 4.69) is 37.9 Å². The van der Waals surface area contributed by atoms with Gasteiger partial charge in [0.15, 0.2) is 0 Å². The van der Waals surface area contributed by atoms with Crippen LogP contribution in [0.1, 0.15) is 24.2 Å². The van der Waals surface area contributed by atoms with E-state index >= 15 is 0 Å². The molecule has 0 aliphatic rings. The van der Waals surface area contributed by atoms with Gasteiger partial charge in [0.1, 0.15) is 0 Å². The average Bonchev–Trinajstić information content (AvgIpc) is 2.33. The van der Waals surface area contributed by atoms with Crippen molar-refractivity contribution >= 4 is 37.8 Å². The molecule has 0 aliphatic heterocycles. The van der Waals surface area contributed by atoms with Crippen molar-refractivity contribution < 1.29 is 4.79 Å². The fourth-order valence-electron chi connectivity index (χ4n) is 1.59. The Labute approximate surface area is 124 Å².